The smallest absolute Gasteiger partial charge is 0.264 e. The van der Waals surface area contributed by atoms with E-state index in [-0.39, 0.29) is 17.1 Å². The molecule has 7 nitrogen and oxygen atoms in total. The van der Waals surface area contributed by atoms with Crippen LogP contribution >= 0.6 is 15.9 Å². The van der Waals surface area contributed by atoms with Gasteiger partial charge in [-0.3, -0.25) is 13.9 Å². The van der Waals surface area contributed by atoms with E-state index in [1.165, 1.54) is 48.3 Å². The van der Waals surface area contributed by atoms with Crippen molar-refractivity contribution >= 4 is 43.5 Å². The van der Waals surface area contributed by atoms with E-state index in [1.807, 2.05) is 0 Å². The Morgan fingerprint density at radius 1 is 1.00 bits per heavy atom. The third kappa shape index (κ3) is 6.46. The van der Waals surface area contributed by atoms with Crippen molar-refractivity contribution in [2.24, 2.45) is 0 Å². The fraction of sp³-hybridized carbons (Fsp3) is 0.200. The maximum Gasteiger partial charge on any atom is 0.264 e. The van der Waals surface area contributed by atoms with Crippen molar-refractivity contribution in [1.29, 1.82) is 0 Å². The van der Waals surface area contributed by atoms with Crippen LogP contribution in [0.3, 0.4) is 0 Å². The van der Waals surface area contributed by atoms with E-state index in [9.17, 15) is 22.4 Å². The minimum atomic E-state index is -4.11. The molecule has 0 radical (unpaired) electrons. The fourth-order valence-electron chi connectivity index (χ4n) is 3.46. The summed E-state index contributed by atoms with van der Waals surface area (Å²) in [5, 5.41) is 2.51. The number of amides is 2. The lowest BCUT2D eigenvalue weighted by Crippen LogP contribution is -2.50. The third-order valence-corrected chi connectivity index (χ3v) is 7.67. The van der Waals surface area contributed by atoms with Crippen LogP contribution in [0, 0.1) is 5.82 Å². The first kappa shape index (κ1) is 26.4. The first-order valence-electron chi connectivity index (χ1n) is 10.7. The second kappa shape index (κ2) is 11.5. The van der Waals surface area contributed by atoms with Gasteiger partial charge in [0.05, 0.1) is 10.6 Å². The number of carbonyl (C=O) groups excluding carboxylic acids is 2. The topological polar surface area (TPSA) is 86.8 Å². The van der Waals surface area contributed by atoms with Gasteiger partial charge in [0.2, 0.25) is 11.8 Å². The number of halogens is 2. The number of nitrogens with zero attached hydrogens (tertiary/aromatic N) is 2. The molecule has 0 aliphatic rings. The summed E-state index contributed by atoms with van der Waals surface area (Å²) in [5.74, 6) is -1.44. The van der Waals surface area contributed by atoms with Gasteiger partial charge in [0.25, 0.3) is 10.0 Å². The highest BCUT2D eigenvalue weighted by atomic mass is 79.9. The molecule has 0 aliphatic heterocycles. The molecule has 35 heavy (non-hydrogen) atoms. The standard InChI is InChI=1S/C25H25BrFN3O4S/c1-18(25(32)28-2)29(16-19-11-13-21(27)14-12-19)24(31)17-30(22-8-6-7-20(26)15-22)35(33,34)23-9-4-3-5-10-23/h3-15,18H,16-17H2,1-2H3,(H,28,32). The second-order valence-corrected chi connectivity index (χ2v) is 10.5. The second-order valence-electron chi connectivity index (χ2n) is 7.74. The number of hydrogen-bond acceptors (Lipinski definition) is 4. The lowest BCUT2D eigenvalue weighted by molar-refractivity contribution is -0.139. The zero-order chi connectivity index (χ0) is 25.6. The zero-order valence-corrected chi connectivity index (χ0v) is 21.6. The molecular formula is C25H25BrFN3O4S. The fourth-order valence-corrected chi connectivity index (χ4v) is 5.27. The van der Waals surface area contributed by atoms with Crippen LogP contribution in [-0.2, 0) is 26.2 Å². The minimum Gasteiger partial charge on any atom is -0.357 e. The molecule has 1 N–H and O–H groups in total. The van der Waals surface area contributed by atoms with Crippen LogP contribution in [-0.4, -0.2) is 44.8 Å². The van der Waals surface area contributed by atoms with Gasteiger partial charge in [0.1, 0.15) is 18.4 Å². The average Bonchev–Trinajstić information content (AvgIpc) is 2.86. The Balaban J connectivity index is 2.01. The Morgan fingerprint density at radius 3 is 2.26 bits per heavy atom. The SMILES string of the molecule is CNC(=O)C(C)N(Cc1ccc(F)cc1)C(=O)CN(c1cccc(Br)c1)S(=O)(=O)c1ccccc1. The molecule has 1 unspecified atom stereocenters. The highest BCUT2D eigenvalue weighted by molar-refractivity contribution is 9.10. The van der Waals surface area contributed by atoms with Crippen molar-refractivity contribution < 1.29 is 22.4 Å². The predicted octanol–water partition coefficient (Wildman–Crippen LogP) is 3.95. The molecule has 2 amide bonds. The minimum absolute atomic E-state index is 0.00852. The molecule has 0 spiro atoms. The molecule has 0 bridgehead atoms. The van der Waals surface area contributed by atoms with E-state index < -0.39 is 40.2 Å². The number of rotatable bonds is 9. The highest BCUT2D eigenvalue weighted by Gasteiger charge is 2.32. The van der Waals surface area contributed by atoms with Crippen molar-refractivity contribution in [3.05, 3.63) is 94.7 Å². The third-order valence-electron chi connectivity index (χ3n) is 5.39. The Kier molecular flexibility index (Phi) is 8.63. The summed E-state index contributed by atoms with van der Waals surface area (Å²) in [6.07, 6.45) is 0. The predicted molar refractivity (Wildman–Crippen MR) is 136 cm³/mol. The van der Waals surface area contributed by atoms with Crippen molar-refractivity contribution in [3.63, 3.8) is 0 Å². The molecule has 184 valence electrons. The van der Waals surface area contributed by atoms with Gasteiger partial charge < -0.3 is 10.2 Å². The van der Waals surface area contributed by atoms with Gasteiger partial charge >= 0.3 is 0 Å². The first-order valence-corrected chi connectivity index (χ1v) is 13.0. The normalized spacial score (nSPS) is 12.0. The Morgan fingerprint density at radius 2 is 1.66 bits per heavy atom. The number of hydrogen-bond donors (Lipinski definition) is 1. The van der Waals surface area contributed by atoms with Crippen molar-refractivity contribution in [1.82, 2.24) is 10.2 Å². The summed E-state index contributed by atoms with van der Waals surface area (Å²) in [4.78, 5) is 27.3. The number of anilines is 1. The van der Waals surface area contributed by atoms with Crippen molar-refractivity contribution in [3.8, 4) is 0 Å². The summed E-state index contributed by atoms with van der Waals surface area (Å²) >= 11 is 3.35. The average molecular weight is 562 g/mol. The summed E-state index contributed by atoms with van der Waals surface area (Å²) in [7, 11) is -2.66. The van der Waals surface area contributed by atoms with Gasteiger partial charge in [-0.1, -0.05) is 52.3 Å². The molecule has 0 saturated heterocycles. The quantitative estimate of drug-likeness (QED) is 0.428. The number of carbonyl (C=O) groups is 2. The maximum atomic E-state index is 13.6. The van der Waals surface area contributed by atoms with Gasteiger partial charge in [0.15, 0.2) is 0 Å². The van der Waals surface area contributed by atoms with Gasteiger partial charge in [0, 0.05) is 18.1 Å². The van der Waals surface area contributed by atoms with Crippen LogP contribution < -0.4 is 9.62 Å². The summed E-state index contributed by atoms with van der Waals surface area (Å²) in [5.41, 5.74) is 0.876. The van der Waals surface area contributed by atoms with E-state index in [4.69, 9.17) is 0 Å². The zero-order valence-electron chi connectivity index (χ0n) is 19.2. The molecular weight excluding hydrogens is 537 g/mol. The van der Waals surface area contributed by atoms with Crippen LogP contribution in [0.4, 0.5) is 10.1 Å². The molecule has 0 fully saturated rings. The van der Waals surface area contributed by atoms with Crippen LogP contribution in [0.15, 0.2) is 88.2 Å². The molecule has 0 heterocycles. The first-order chi connectivity index (χ1) is 16.6. The monoisotopic (exact) mass is 561 g/mol. The van der Waals surface area contributed by atoms with E-state index in [0.717, 1.165) is 4.31 Å². The Bertz CT molecular complexity index is 1290. The molecule has 3 aromatic rings. The molecule has 1 atom stereocenters. The van der Waals surface area contributed by atoms with Gasteiger partial charge in [-0.2, -0.15) is 0 Å². The molecule has 3 rings (SSSR count). The van der Waals surface area contributed by atoms with E-state index in [1.54, 1.807) is 49.4 Å². The van der Waals surface area contributed by atoms with Crippen molar-refractivity contribution in [2.75, 3.05) is 17.9 Å². The van der Waals surface area contributed by atoms with E-state index in [0.29, 0.717) is 10.0 Å². The number of nitrogens with one attached hydrogen (secondary N) is 1. The number of likely N-dealkylation sites (N-methyl/N-ethyl adjacent to an activating group) is 1. The lowest BCUT2D eigenvalue weighted by atomic mass is 10.1. The summed E-state index contributed by atoms with van der Waals surface area (Å²) in [6.45, 7) is 0.997. The number of benzene rings is 3. The highest BCUT2D eigenvalue weighted by Crippen LogP contribution is 2.27. The molecule has 10 heteroatoms. The number of sulfonamides is 1. The van der Waals surface area contributed by atoms with Gasteiger partial charge in [-0.05, 0) is 55.0 Å². The Labute approximate surface area is 212 Å². The van der Waals surface area contributed by atoms with Crippen LogP contribution in [0.1, 0.15) is 12.5 Å². The summed E-state index contributed by atoms with van der Waals surface area (Å²) in [6, 6.07) is 19.0. The van der Waals surface area contributed by atoms with Crippen LogP contribution in [0.5, 0.6) is 0 Å². The van der Waals surface area contributed by atoms with E-state index in [2.05, 4.69) is 21.2 Å². The van der Waals surface area contributed by atoms with Crippen LogP contribution in [0.2, 0.25) is 0 Å². The van der Waals surface area contributed by atoms with Crippen molar-refractivity contribution in [2.45, 2.75) is 24.4 Å². The Hall–Kier alpha value is -3.24. The van der Waals surface area contributed by atoms with Gasteiger partial charge in [-0.25, -0.2) is 12.8 Å². The van der Waals surface area contributed by atoms with E-state index >= 15 is 0 Å². The molecule has 3 aromatic carbocycles. The lowest BCUT2D eigenvalue weighted by Gasteiger charge is -2.31. The molecule has 0 saturated carbocycles. The van der Waals surface area contributed by atoms with Crippen LogP contribution in [0.25, 0.3) is 0 Å². The summed E-state index contributed by atoms with van der Waals surface area (Å²) < 4.78 is 42.2. The van der Waals surface area contributed by atoms with Gasteiger partial charge in [-0.15, -0.1) is 0 Å². The largest absolute Gasteiger partial charge is 0.357 e. The maximum absolute atomic E-state index is 13.6. The molecule has 0 aromatic heterocycles. The molecule has 0 aliphatic carbocycles.